The van der Waals surface area contributed by atoms with Crippen molar-refractivity contribution in [1.29, 1.82) is 0 Å². The van der Waals surface area contributed by atoms with Crippen LogP contribution in [0.25, 0.3) is 0 Å². The third-order valence-corrected chi connectivity index (χ3v) is 7.64. The molecule has 0 saturated carbocycles. The highest BCUT2D eigenvalue weighted by Crippen LogP contribution is 2.25. The second kappa shape index (κ2) is 9.09. The van der Waals surface area contributed by atoms with Crippen molar-refractivity contribution in [3.63, 3.8) is 0 Å². The number of carbonyl (C=O) groups excluding carboxylic acids is 1. The van der Waals surface area contributed by atoms with Gasteiger partial charge in [-0.2, -0.15) is 4.31 Å². The summed E-state index contributed by atoms with van der Waals surface area (Å²) in [4.78, 5) is 13.2. The summed E-state index contributed by atoms with van der Waals surface area (Å²) >= 11 is 0. The molecule has 1 fully saturated rings. The summed E-state index contributed by atoms with van der Waals surface area (Å²) in [6.45, 7) is 7.06. The van der Waals surface area contributed by atoms with Gasteiger partial charge in [0.2, 0.25) is 10.0 Å². The molecule has 1 N–H and O–H groups in total. The molecule has 1 saturated heterocycles. The van der Waals surface area contributed by atoms with Gasteiger partial charge in [-0.15, -0.1) is 0 Å². The van der Waals surface area contributed by atoms with Gasteiger partial charge >= 0.3 is 0 Å². The molecule has 0 radical (unpaired) electrons. The third-order valence-electron chi connectivity index (χ3n) is 5.75. The van der Waals surface area contributed by atoms with E-state index in [4.69, 9.17) is 0 Å². The molecule has 5 nitrogen and oxygen atoms in total. The summed E-state index contributed by atoms with van der Waals surface area (Å²) in [7, 11) is -3.59. The number of carbonyl (C=O) groups is 1. The van der Waals surface area contributed by atoms with Gasteiger partial charge in [-0.25, -0.2) is 8.42 Å². The Hall–Kier alpha value is -2.18. The molecule has 6 heteroatoms. The predicted octanol–water partition coefficient (Wildman–Crippen LogP) is 4.30. The van der Waals surface area contributed by atoms with Crippen LogP contribution in [0.3, 0.4) is 0 Å². The molecule has 0 spiro atoms. The number of benzene rings is 2. The van der Waals surface area contributed by atoms with E-state index in [-0.39, 0.29) is 16.8 Å². The first-order valence-corrected chi connectivity index (χ1v) is 11.7. The Kier molecular flexibility index (Phi) is 6.75. The highest BCUT2D eigenvalue weighted by molar-refractivity contribution is 7.89. The van der Waals surface area contributed by atoms with Crippen molar-refractivity contribution in [2.24, 2.45) is 5.92 Å². The van der Waals surface area contributed by atoms with Crippen LogP contribution in [0.15, 0.2) is 53.4 Å². The molecule has 3 rings (SSSR count). The van der Waals surface area contributed by atoms with Crippen molar-refractivity contribution in [2.75, 3.05) is 13.1 Å². The van der Waals surface area contributed by atoms with Crippen LogP contribution in [0.5, 0.6) is 0 Å². The first-order chi connectivity index (χ1) is 13.8. The van der Waals surface area contributed by atoms with Crippen molar-refractivity contribution in [1.82, 2.24) is 9.62 Å². The van der Waals surface area contributed by atoms with Gasteiger partial charge in [0.15, 0.2) is 0 Å². The molecule has 0 aliphatic carbocycles. The van der Waals surface area contributed by atoms with Crippen LogP contribution in [0.1, 0.15) is 60.6 Å². The fourth-order valence-electron chi connectivity index (χ4n) is 3.72. The zero-order valence-electron chi connectivity index (χ0n) is 17.4. The number of nitrogens with one attached hydrogen (secondary N) is 1. The molecule has 156 valence electrons. The standard InChI is InChI=1S/C23H30N2O3S/c1-4-22(19-8-6-5-7-9-19)24-23(26)21-16-20(11-10-18(21)3)29(27,28)25-14-12-17(2)13-15-25/h5-11,16-17,22H,4,12-15H2,1-3H3,(H,24,26)/t22-/m0/s1. The molecule has 1 amide bonds. The number of amides is 1. The molecular weight excluding hydrogens is 384 g/mol. The van der Waals surface area contributed by atoms with Crippen molar-refractivity contribution in [2.45, 2.75) is 51.0 Å². The van der Waals surface area contributed by atoms with Crippen molar-refractivity contribution in [3.8, 4) is 0 Å². The number of piperidine rings is 1. The van der Waals surface area contributed by atoms with Gasteiger partial charge in [0.05, 0.1) is 10.9 Å². The smallest absolute Gasteiger partial charge is 0.252 e. The van der Waals surface area contributed by atoms with E-state index in [1.807, 2.05) is 44.2 Å². The van der Waals surface area contributed by atoms with Crippen molar-refractivity contribution >= 4 is 15.9 Å². The van der Waals surface area contributed by atoms with Crippen molar-refractivity contribution < 1.29 is 13.2 Å². The number of sulfonamides is 1. The van der Waals surface area contributed by atoms with E-state index in [0.29, 0.717) is 24.6 Å². The lowest BCUT2D eigenvalue weighted by Gasteiger charge is -2.29. The number of nitrogens with zero attached hydrogens (tertiary/aromatic N) is 1. The average Bonchev–Trinajstić information content (AvgIpc) is 2.73. The lowest BCUT2D eigenvalue weighted by molar-refractivity contribution is 0.0934. The monoisotopic (exact) mass is 414 g/mol. The summed E-state index contributed by atoms with van der Waals surface area (Å²) in [6.07, 6.45) is 2.49. The minimum Gasteiger partial charge on any atom is -0.345 e. The molecule has 1 aliphatic heterocycles. The summed E-state index contributed by atoms with van der Waals surface area (Å²) in [6, 6.07) is 14.5. The molecule has 2 aromatic rings. The molecule has 1 aliphatic rings. The zero-order valence-corrected chi connectivity index (χ0v) is 18.2. The van der Waals surface area contributed by atoms with Gasteiger partial charge in [-0.1, -0.05) is 50.2 Å². The van der Waals surface area contributed by atoms with E-state index >= 15 is 0 Å². The maximum Gasteiger partial charge on any atom is 0.252 e. The first-order valence-electron chi connectivity index (χ1n) is 10.3. The Morgan fingerprint density at radius 2 is 1.79 bits per heavy atom. The fourth-order valence-corrected chi connectivity index (χ4v) is 5.22. The topological polar surface area (TPSA) is 66.5 Å². The molecule has 0 bridgehead atoms. The van der Waals surface area contributed by atoms with Gasteiger partial charge in [0.1, 0.15) is 0 Å². The molecule has 1 heterocycles. The van der Waals surface area contributed by atoms with Gasteiger partial charge in [-0.3, -0.25) is 4.79 Å². The van der Waals surface area contributed by atoms with Crippen molar-refractivity contribution in [3.05, 3.63) is 65.2 Å². The van der Waals surface area contributed by atoms with Crippen LogP contribution in [0.4, 0.5) is 0 Å². The Balaban J connectivity index is 1.84. The first kappa shape index (κ1) is 21.5. The summed E-state index contributed by atoms with van der Waals surface area (Å²) < 4.78 is 27.7. The average molecular weight is 415 g/mol. The molecular formula is C23H30N2O3S. The Morgan fingerprint density at radius 3 is 2.41 bits per heavy atom. The van der Waals surface area contributed by atoms with Crippen LogP contribution in [-0.2, 0) is 10.0 Å². The Morgan fingerprint density at radius 1 is 1.14 bits per heavy atom. The highest BCUT2D eigenvalue weighted by atomic mass is 32.2. The number of hydrogen-bond donors (Lipinski definition) is 1. The zero-order chi connectivity index (χ0) is 21.0. The summed E-state index contributed by atoms with van der Waals surface area (Å²) in [5.74, 6) is 0.298. The summed E-state index contributed by atoms with van der Waals surface area (Å²) in [5.41, 5.74) is 2.20. The fraction of sp³-hybridized carbons (Fsp3) is 0.435. The number of rotatable bonds is 6. The maximum atomic E-state index is 13.1. The van der Waals surface area contributed by atoms with Gasteiger partial charge < -0.3 is 5.32 Å². The molecule has 1 atom stereocenters. The predicted molar refractivity (Wildman–Crippen MR) is 115 cm³/mol. The lowest BCUT2D eigenvalue weighted by Crippen LogP contribution is -2.38. The van der Waals surface area contributed by atoms with Crippen LogP contribution < -0.4 is 5.32 Å². The van der Waals surface area contributed by atoms with Crippen LogP contribution >= 0.6 is 0 Å². The van der Waals surface area contributed by atoms with E-state index in [9.17, 15) is 13.2 Å². The SMILES string of the molecule is CC[C@H](NC(=O)c1cc(S(=O)(=O)N2CCC(C)CC2)ccc1C)c1ccccc1. The van der Waals surface area contributed by atoms with E-state index in [1.165, 1.54) is 10.4 Å². The second-order valence-electron chi connectivity index (χ2n) is 7.91. The largest absolute Gasteiger partial charge is 0.345 e. The van der Waals surface area contributed by atoms with E-state index in [1.54, 1.807) is 12.1 Å². The van der Waals surface area contributed by atoms with Crippen LogP contribution in [0.2, 0.25) is 0 Å². The Labute approximate surface area is 174 Å². The third kappa shape index (κ3) is 4.87. The quantitative estimate of drug-likeness (QED) is 0.766. The molecule has 0 aromatic heterocycles. The lowest BCUT2D eigenvalue weighted by atomic mass is 10.0. The maximum absolute atomic E-state index is 13.1. The van der Waals surface area contributed by atoms with Crippen LogP contribution in [-0.4, -0.2) is 31.7 Å². The number of aryl methyl sites for hydroxylation is 1. The minimum atomic E-state index is -3.59. The van der Waals surface area contributed by atoms with E-state index in [2.05, 4.69) is 12.2 Å². The number of hydrogen-bond acceptors (Lipinski definition) is 3. The summed E-state index contributed by atoms with van der Waals surface area (Å²) in [5, 5.41) is 3.06. The minimum absolute atomic E-state index is 0.119. The van der Waals surface area contributed by atoms with Gasteiger partial charge in [-0.05, 0) is 55.4 Å². The second-order valence-corrected chi connectivity index (χ2v) is 9.85. The Bertz CT molecular complexity index is 949. The molecule has 0 unspecified atom stereocenters. The van der Waals surface area contributed by atoms with Gasteiger partial charge in [0.25, 0.3) is 5.91 Å². The van der Waals surface area contributed by atoms with E-state index in [0.717, 1.165) is 30.4 Å². The molecule has 2 aromatic carbocycles. The highest BCUT2D eigenvalue weighted by Gasteiger charge is 2.29. The molecule has 29 heavy (non-hydrogen) atoms. The van der Waals surface area contributed by atoms with E-state index < -0.39 is 10.0 Å². The normalized spacial score (nSPS) is 17.1. The van der Waals surface area contributed by atoms with Crippen LogP contribution in [0, 0.1) is 12.8 Å². The van der Waals surface area contributed by atoms with Gasteiger partial charge in [0, 0.05) is 18.7 Å².